The Labute approximate surface area is 136 Å². The Morgan fingerprint density at radius 2 is 1.96 bits per heavy atom. The molecule has 1 aliphatic heterocycles. The second-order valence-corrected chi connectivity index (χ2v) is 5.89. The average molecular weight is 310 g/mol. The minimum Gasteiger partial charge on any atom is -0.394 e. The Morgan fingerprint density at radius 1 is 1.22 bits per heavy atom. The van der Waals surface area contributed by atoms with Crippen molar-refractivity contribution >= 4 is 5.91 Å². The van der Waals surface area contributed by atoms with Gasteiger partial charge in [0.05, 0.1) is 12.6 Å². The molecule has 4 nitrogen and oxygen atoms in total. The Balaban J connectivity index is 1.76. The van der Waals surface area contributed by atoms with Crippen LogP contribution in [0, 0.1) is 0 Å². The van der Waals surface area contributed by atoms with Crippen LogP contribution in [0.5, 0.6) is 0 Å². The summed E-state index contributed by atoms with van der Waals surface area (Å²) < 4.78 is 0. The first-order chi connectivity index (χ1) is 11.2. The molecule has 120 valence electrons. The van der Waals surface area contributed by atoms with Crippen LogP contribution in [0.3, 0.4) is 0 Å². The molecule has 1 aliphatic rings. The van der Waals surface area contributed by atoms with Gasteiger partial charge in [0.1, 0.15) is 0 Å². The number of fused-ring (bicyclic) bond motifs is 1. The molecule has 0 aliphatic carbocycles. The summed E-state index contributed by atoms with van der Waals surface area (Å²) in [6.45, 7) is 1.82. The molecule has 0 fully saturated rings. The molecule has 4 heteroatoms. The van der Waals surface area contributed by atoms with Crippen molar-refractivity contribution in [3.05, 3.63) is 70.8 Å². The van der Waals surface area contributed by atoms with Crippen molar-refractivity contribution in [2.24, 2.45) is 0 Å². The van der Waals surface area contributed by atoms with E-state index in [1.165, 1.54) is 11.1 Å². The van der Waals surface area contributed by atoms with Gasteiger partial charge in [-0.1, -0.05) is 36.4 Å². The Kier molecular flexibility index (Phi) is 4.74. The minimum absolute atomic E-state index is 0.0403. The predicted octanol–water partition coefficient (Wildman–Crippen LogP) is 2.14. The molecule has 0 spiro atoms. The topological polar surface area (TPSA) is 52.6 Å². The van der Waals surface area contributed by atoms with Gasteiger partial charge >= 0.3 is 0 Å². The highest BCUT2D eigenvalue weighted by Crippen LogP contribution is 2.30. The van der Waals surface area contributed by atoms with Gasteiger partial charge in [0.15, 0.2) is 0 Å². The van der Waals surface area contributed by atoms with Crippen molar-refractivity contribution in [3.8, 4) is 0 Å². The fraction of sp³-hybridized carbons (Fsp3) is 0.316. The standard InChI is InChI=1S/C19H22N2O2/c1-20-19(23)16-8-6-14(7-9-16)12-21-11-10-15-4-2-3-5-17(15)18(21)13-22/h2-9,18,22H,10-13H2,1H3,(H,20,23). The van der Waals surface area contributed by atoms with Crippen LogP contribution in [0.15, 0.2) is 48.5 Å². The number of rotatable bonds is 4. The SMILES string of the molecule is CNC(=O)c1ccc(CN2CCc3ccccc3C2CO)cc1. The van der Waals surface area contributed by atoms with E-state index in [0.29, 0.717) is 5.56 Å². The van der Waals surface area contributed by atoms with Gasteiger partial charge in [-0.2, -0.15) is 0 Å². The molecule has 23 heavy (non-hydrogen) atoms. The van der Waals surface area contributed by atoms with Gasteiger partial charge in [0.2, 0.25) is 0 Å². The number of nitrogens with zero attached hydrogens (tertiary/aromatic N) is 1. The molecule has 2 aromatic carbocycles. The molecule has 1 atom stereocenters. The van der Waals surface area contributed by atoms with Gasteiger partial charge in [-0.3, -0.25) is 9.69 Å². The summed E-state index contributed by atoms with van der Waals surface area (Å²) in [6, 6.07) is 16.0. The number of aliphatic hydroxyl groups is 1. The third-order valence-electron chi connectivity index (χ3n) is 4.53. The van der Waals surface area contributed by atoms with Gasteiger partial charge in [-0.25, -0.2) is 0 Å². The number of hydrogen-bond donors (Lipinski definition) is 2. The van der Waals surface area contributed by atoms with Crippen LogP contribution in [0.2, 0.25) is 0 Å². The molecule has 1 unspecified atom stereocenters. The molecule has 2 N–H and O–H groups in total. The summed E-state index contributed by atoms with van der Waals surface area (Å²) in [7, 11) is 1.63. The highest BCUT2D eigenvalue weighted by Gasteiger charge is 2.26. The maximum absolute atomic E-state index is 11.6. The molecule has 2 aromatic rings. The summed E-state index contributed by atoms with van der Waals surface area (Å²) >= 11 is 0. The van der Waals surface area contributed by atoms with Gasteiger partial charge < -0.3 is 10.4 Å². The zero-order valence-corrected chi connectivity index (χ0v) is 13.3. The van der Waals surface area contributed by atoms with E-state index < -0.39 is 0 Å². The van der Waals surface area contributed by atoms with Gasteiger partial charge in [0, 0.05) is 25.7 Å². The molecule has 0 saturated heterocycles. The van der Waals surface area contributed by atoms with Crippen LogP contribution in [-0.2, 0) is 13.0 Å². The van der Waals surface area contributed by atoms with E-state index in [2.05, 4.69) is 28.4 Å². The zero-order chi connectivity index (χ0) is 16.2. The molecule has 0 bridgehead atoms. The summed E-state index contributed by atoms with van der Waals surface area (Å²) in [5.41, 5.74) is 4.37. The molecule has 1 amide bonds. The summed E-state index contributed by atoms with van der Waals surface area (Å²) in [4.78, 5) is 13.9. The maximum atomic E-state index is 11.6. The van der Waals surface area contributed by atoms with Crippen LogP contribution >= 0.6 is 0 Å². The highest BCUT2D eigenvalue weighted by molar-refractivity contribution is 5.93. The van der Waals surface area contributed by atoms with E-state index in [-0.39, 0.29) is 18.6 Å². The fourth-order valence-corrected chi connectivity index (χ4v) is 3.25. The lowest BCUT2D eigenvalue weighted by molar-refractivity contribution is 0.0963. The lowest BCUT2D eigenvalue weighted by Crippen LogP contribution is -2.36. The van der Waals surface area contributed by atoms with Crippen molar-refractivity contribution in [3.63, 3.8) is 0 Å². The number of hydrogen-bond acceptors (Lipinski definition) is 3. The number of nitrogens with one attached hydrogen (secondary N) is 1. The first kappa shape index (κ1) is 15.7. The van der Waals surface area contributed by atoms with Crippen molar-refractivity contribution in [2.45, 2.75) is 19.0 Å². The third-order valence-corrected chi connectivity index (χ3v) is 4.53. The summed E-state index contributed by atoms with van der Waals surface area (Å²) in [5.74, 6) is -0.0725. The highest BCUT2D eigenvalue weighted by atomic mass is 16.3. The number of amides is 1. The molecular formula is C19H22N2O2. The smallest absolute Gasteiger partial charge is 0.251 e. The van der Waals surface area contributed by atoms with Gasteiger partial charge in [-0.05, 0) is 35.2 Å². The predicted molar refractivity (Wildman–Crippen MR) is 90.2 cm³/mol. The number of carbonyl (C=O) groups excluding carboxylic acids is 1. The molecule has 0 radical (unpaired) electrons. The van der Waals surface area contributed by atoms with E-state index in [4.69, 9.17) is 0 Å². The molecule has 1 heterocycles. The molecular weight excluding hydrogens is 288 g/mol. The first-order valence-electron chi connectivity index (χ1n) is 7.96. The van der Waals surface area contributed by atoms with Crippen molar-refractivity contribution in [1.82, 2.24) is 10.2 Å². The lowest BCUT2D eigenvalue weighted by atomic mass is 9.92. The quantitative estimate of drug-likeness (QED) is 0.910. The number of carbonyl (C=O) groups is 1. The second-order valence-electron chi connectivity index (χ2n) is 5.89. The average Bonchev–Trinajstić information content (AvgIpc) is 2.61. The fourth-order valence-electron chi connectivity index (χ4n) is 3.25. The van der Waals surface area contributed by atoms with Crippen LogP contribution in [0.4, 0.5) is 0 Å². The monoisotopic (exact) mass is 310 g/mol. The van der Waals surface area contributed by atoms with E-state index in [0.717, 1.165) is 25.1 Å². The lowest BCUT2D eigenvalue weighted by Gasteiger charge is -2.36. The van der Waals surface area contributed by atoms with E-state index in [1.807, 2.05) is 30.3 Å². The third kappa shape index (κ3) is 3.28. The van der Waals surface area contributed by atoms with Crippen LogP contribution in [-0.4, -0.2) is 36.1 Å². The molecule has 0 saturated carbocycles. The normalized spacial score (nSPS) is 17.6. The Hall–Kier alpha value is -2.17. The number of aliphatic hydroxyl groups excluding tert-OH is 1. The van der Waals surface area contributed by atoms with Crippen LogP contribution in [0.25, 0.3) is 0 Å². The Bertz CT molecular complexity index is 682. The second kappa shape index (κ2) is 6.94. The van der Waals surface area contributed by atoms with Crippen LogP contribution < -0.4 is 5.32 Å². The van der Waals surface area contributed by atoms with E-state index in [1.54, 1.807) is 7.05 Å². The van der Waals surface area contributed by atoms with Crippen molar-refractivity contribution in [2.75, 3.05) is 20.2 Å². The summed E-state index contributed by atoms with van der Waals surface area (Å²) in [5, 5.41) is 12.5. The number of benzene rings is 2. The van der Waals surface area contributed by atoms with Crippen molar-refractivity contribution < 1.29 is 9.90 Å². The molecule has 0 aromatic heterocycles. The van der Waals surface area contributed by atoms with Gasteiger partial charge in [0.25, 0.3) is 5.91 Å². The van der Waals surface area contributed by atoms with Crippen LogP contribution in [0.1, 0.15) is 33.1 Å². The van der Waals surface area contributed by atoms with E-state index in [9.17, 15) is 9.90 Å². The van der Waals surface area contributed by atoms with Crippen molar-refractivity contribution in [1.29, 1.82) is 0 Å². The molecule has 3 rings (SSSR count). The zero-order valence-electron chi connectivity index (χ0n) is 13.3. The minimum atomic E-state index is -0.0725. The summed E-state index contributed by atoms with van der Waals surface area (Å²) in [6.07, 6.45) is 1.00. The maximum Gasteiger partial charge on any atom is 0.251 e. The van der Waals surface area contributed by atoms with E-state index >= 15 is 0 Å². The largest absolute Gasteiger partial charge is 0.394 e. The Morgan fingerprint density at radius 3 is 2.65 bits per heavy atom. The first-order valence-corrected chi connectivity index (χ1v) is 7.96. The van der Waals surface area contributed by atoms with Gasteiger partial charge in [-0.15, -0.1) is 0 Å².